The molecule has 0 aliphatic carbocycles. The topological polar surface area (TPSA) is 41.6 Å². The minimum Gasteiger partial charge on any atom is -0.492 e. The van der Waals surface area contributed by atoms with Crippen LogP contribution in [0.15, 0.2) is 24.0 Å². The highest BCUT2D eigenvalue weighted by molar-refractivity contribution is 5.82. The molecule has 2 heterocycles. The molecule has 2 aliphatic rings. The van der Waals surface area contributed by atoms with Crippen molar-refractivity contribution < 1.29 is 9.53 Å². The molecule has 0 spiro atoms. The highest BCUT2D eigenvalue weighted by atomic mass is 16.5. The molecule has 0 aromatic rings. The second-order valence-electron chi connectivity index (χ2n) is 4.23. The lowest BCUT2D eigenvalue weighted by atomic mass is 10.2. The van der Waals surface area contributed by atoms with E-state index in [1.165, 1.54) is 0 Å². The second kappa shape index (κ2) is 5.16. The van der Waals surface area contributed by atoms with Crippen molar-refractivity contribution in [2.45, 2.75) is 18.9 Å². The molecular weight excluding hydrogens is 204 g/mol. The number of carbonyl (C=O) groups is 1. The summed E-state index contributed by atoms with van der Waals surface area (Å²) in [4.78, 5) is 13.9. The van der Waals surface area contributed by atoms with E-state index in [2.05, 4.69) is 10.2 Å². The van der Waals surface area contributed by atoms with Gasteiger partial charge in [-0.25, -0.2) is 0 Å². The Morgan fingerprint density at radius 2 is 2.56 bits per heavy atom. The second-order valence-corrected chi connectivity index (χ2v) is 4.23. The molecule has 16 heavy (non-hydrogen) atoms. The SMILES string of the molecule is CN1CCCC1C(=O)NCC1=CC=CCO1. The summed E-state index contributed by atoms with van der Waals surface area (Å²) >= 11 is 0. The van der Waals surface area contributed by atoms with E-state index >= 15 is 0 Å². The smallest absolute Gasteiger partial charge is 0.237 e. The molecular formula is C12H18N2O2. The molecule has 2 aliphatic heterocycles. The van der Waals surface area contributed by atoms with Crippen LogP contribution in [0, 0.1) is 0 Å². The lowest BCUT2D eigenvalue weighted by Crippen LogP contribution is -2.42. The Kier molecular flexibility index (Phi) is 3.62. The Hall–Kier alpha value is -1.29. The Morgan fingerprint density at radius 3 is 3.19 bits per heavy atom. The average molecular weight is 222 g/mol. The summed E-state index contributed by atoms with van der Waals surface area (Å²) < 4.78 is 5.36. The first-order chi connectivity index (χ1) is 7.77. The molecule has 0 aromatic heterocycles. The zero-order chi connectivity index (χ0) is 11.4. The summed E-state index contributed by atoms with van der Waals surface area (Å²) in [5.41, 5.74) is 0. The molecule has 1 atom stereocenters. The van der Waals surface area contributed by atoms with E-state index in [1.807, 2.05) is 25.3 Å². The van der Waals surface area contributed by atoms with Gasteiger partial charge in [0.05, 0.1) is 12.6 Å². The van der Waals surface area contributed by atoms with Gasteiger partial charge < -0.3 is 10.1 Å². The molecule has 0 aromatic carbocycles. The number of hydrogen-bond donors (Lipinski definition) is 1. The molecule has 0 bridgehead atoms. The number of nitrogens with one attached hydrogen (secondary N) is 1. The van der Waals surface area contributed by atoms with Gasteiger partial charge in [0, 0.05) is 0 Å². The van der Waals surface area contributed by atoms with Crippen molar-refractivity contribution in [2.24, 2.45) is 0 Å². The number of ether oxygens (including phenoxy) is 1. The number of hydrogen-bond acceptors (Lipinski definition) is 3. The number of likely N-dealkylation sites (tertiary alicyclic amines) is 1. The lowest BCUT2D eigenvalue weighted by molar-refractivity contribution is -0.125. The number of carbonyl (C=O) groups excluding carboxylic acids is 1. The zero-order valence-corrected chi connectivity index (χ0v) is 9.61. The van der Waals surface area contributed by atoms with Crippen molar-refractivity contribution in [3.8, 4) is 0 Å². The average Bonchev–Trinajstić information content (AvgIpc) is 2.74. The molecule has 1 N–H and O–H groups in total. The predicted molar refractivity (Wildman–Crippen MR) is 61.8 cm³/mol. The van der Waals surface area contributed by atoms with E-state index in [9.17, 15) is 4.79 Å². The molecule has 4 nitrogen and oxygen atoms in total. The third-order valence-corrected chi connectivity index (χ3v) is 3.04. The van der Waals surface area contributed by atoms with Gasteiger partial charge in [0.1, 0.15) is 12.4 Å². The number of nitrogens with zero attached hydrogens (tertiary/aromatic N) is 1. The van der Waals surface area contributed by atoms with E-state index in [1.54, 1.807) is 0 Å². The van der Waals surface area contributed by atoms with Crippen LogP contribution in [-0.4, -0.2) is 43.6 Å². The molecule has 0 saturated carbocycles. The third kappa shape index (κ3) is 2.64. The van der Waals surface area contributed by atoms with Crippen LogP contribution in [0.3, 0.4) is 0 Å². The molecule has 88 valence electrons. The van der Waals surface area contributed by atoms with Crippen LogP contribution in [-0.2, 0) is 9.53 Å². The van der Waals surface area contributed by atoms with Crippen molar-refractivity contribution in [1.82, 2.24) is 10.2 Å². The first-order valence-corrected chi connectivity index (χ1v) is 5.74. The van der Waals surface area contributed by atoms with Crippen molar-refractivity contribution in [2.75, 3.05) is 26.7 Å². The van der Waals surface area contributed by atoms with Gasteiger partial charge in [0.15, 0.2) is 0 Å². The van der Waals surface area contributed by atoms with E-state index in [0.29, 0.717) is 13.2 Å². The van der Waals surface area contributed by atoms with E-state index in [-0.39, 0.29) is 11.9 Å². The molecule has 1 amide bonds. The predicted octanol–water partition coefficient (Wildman–Crippen LogP) is 0.667. The minimum absolute atomic E-state index is 0.0414. The van der Waals surface area contributed by atoms with E-state index in [0.717, 1.165) is 25.1 Å². The number of rotatable bonds is 3. The van der Waals surface area contributed by atoms with Crippen molar-refractivity contribution in [3.05, 3.63) is 24.0 Å². The molecule has 1 fully saturated rings. The zero-order valence-electron chi connectivity index (χ0n) is 9.61. The summed E-state index contributed by atoms with van der Waals surface area (Å²) in [7, 11) is 2.00. The molecule has 4 heteroatoms. The fraction of sp³-hybridized carbons (Fsp3) is 0.583. The minimum atomic E-state index is 0.0414. The van der Waals surface area contributed by atoms with Gasteiger partial charge in [0.2, 0.25) is 5.91 Å². The van der Waals surface area contributed by atoms with Gasteiger partial charge in [-0.05, 0) is 38.6 Å². The van der Waals surface area contributed by atoms with Crippen LogP contribution >= 0.6 is 0 Å². The summed E-state index contributed by atoms with van der Waals surface area (Å²) in [6.45, 7) is 2.11. The third-order valence-electron chi connectivity index (χ3n) is 3.04. The first-order valence-electron chi connectivity index (χ1n) is 5.74. The Labute approximate surface area is 95.9 Å². The summed E-state index contributed by atoms with van der Waals surface area (Å²) in [5.74, 6) is 0.940. The fourth-order valence-electron chi connectivity index (χ4n) is 2.08. The van der Waals surface area contributed by atoms with Crippen LogP contribution in [0.2, 0.25) is 0 Å². The fourth-order valence-corrected chi connectivity index (χ4v) is 2.08. The summed E-state index contributed by atoms with van der Waals surface area (Å²) in [6.07, 6.45) is 7.85. The van der Waals surface area contributed by atoms with Gasteiger partial charge >= 0.3 is 0 Å². The Bertz CT molecular complexity index is 323. The van der Waals surface area contributed by atoms with Crippen LogP contribution in [0.4, 0.5) is 0 Å². The van der Waals surface area contributed by atoms with Gasteiger partial charge in [0.25, 0.3) is 0 Å². The van der Waals surface area contributed by atoms with Crippen molar-refractivity contribution in [1.29, 1.82) is 0 Å². The first kappa shape index (κ1) is 11.2. The summed E-state index contributed by atoms with van der Waals surface area (Å²) in [5, 5.41) is 2.92. The molecule has 0 radical (unpaired) electrons. The quantitative estimate of drug-likeness (QED) is 0.763. The maximum Gasteiger partial charge on any atom is 0.237 e. The van der Waals surface area contributed by atoms with Gasteiger partial charge in [-0.3, -0.25) is 9.69 Å². The number of likely N-dealkylation sites (N-methyl/N-ethyl adjacent to an activating group) is 1. The maximum atomic E-state index is 11.8. The van der Waals surface area contributed by atoms with Gasteiger partial charge in [-0.15, -0.1) is 0 Å². The number of amides is 1. The number of allylic oxidation sites excluding steroid dienone is 2. The van der Waals surface area contributed by atoms with E-state index < -0.39 is 0 Å². The molecule has 1 unspecified atom stereocenters. The molecule has 2 rings (SSSR count). The highest BCUT2D eigenvalue weighted by Gasteiger charge is 2.27. The molecule has 1 saturated heterocycles. The standard InChI is InChI=1S/C12H18N2O2/c1-14-7-4-6-11(14)12(15)13-9-10-5-2-3-8-16-10/h2-3,5,11H,4,6-9H2,1H3,(H,13,15). The monoisotopic (exact) mass is 222 g/mol. The highest BCUT2D eigenvalue weighted by Crippen LogP contribution is 2.14. The summed E-state index contributed by atoms with van der Waals surface area (Å²) in [6, 6.07) is 0.0414. The normalized spacial score (nSPS) is 25.1. The van der Waals surface area contributed by atoms with Crippen LogP contribution in [0.5, 0.6) is 0 Å². The Morgan fingerprint density at radius 1 is 1.69 bits per heavy atom. The lowest BCUT2D eigenvalue weighted by Gasteiger charge is -2.19. The van der Waals surface area contributed by atoms with Crippen molar-refractivity contribution >= 4 is 5.91 Å². The Balaban J connectivity index is 1.79. The van der Waals surface area contributed by atoms with Crippen LogP contribution in [0.1, 0.15) is 12.8 Å². The van der Waals surface area contributed by atoms with Crippen LogP contribution in [0.25, 0.3) is 0 Å². The van der Waals surface area contributed by atoms with Gasteiger partial charge in [-0.1, -0.05) is 6.08 Å². The van der Waals surface area contributed by atoms with Gasteiger partial charge in [-0.2, -0.15) is 0 Å². The van der Waals surface area contributed by atoms with Crippen molar-refractivity contribution in [3.63, 3.8) is 0 Å². The largest absolute Gasteiger partial charge is 0.492 e. The van der Waals surface area contributed by atoms with E-state index in [4.69, 9.17) is 4.74 Å². The van der Waals surface area contributed by atoms with Crippen LogP contribution < -0.4 is 5.32 Å². The maximum absolute atomic E-state index is 11.8.